The van der Waals surface area contributed by atoms with Gasteiger partial charge >= 0.3 is 13.8 Å². The van der Waals surface area contributed by atoms with Crippen LogP contribution in [-0.2, 0) is 18.3 Å². The van der Waals surface area contributed by atoms with E-state index in [2.05, 4.69) is 0 Å². The lowest BCUT2D eigenvalue weighted by Crippen LogP contribution is -2.31. The summed E-state index contributed by atoms with van der Waals surface area (Å²) < 4.78 is 28.8. The average Bonchev–Trinajstić information content (AvgIpc) is 2.30. The van der Waals surface area contributed by atoms with Crippen LogP contribution in [0.3, 0.4) is 0 Å². The lowest BCUT2D eigenvalue weighted by molar-refractivity contribution is 0.108. The van der Waals surface area contributed by atoms with Gasteiger partial charge in [0, 0.05) is 6.54 Å². The second-order valence-corrected chi connectivity index (χ2v) is 5.42. The van der Waals surface area contributed by atoms with Crippen LogP contribution in [-0.4, -0.2) is 37.1 Å². The number of hydrogen-bond acceptors (Lipinski definition) is 5. The highest BCUT2D eigenvalue weighted by molar-refractivity contribution is 7.52. The molecular weight excluding hydrogens is 257 g/mol. The molecule has 0 aromatic carbocycles. The van der Waals surface area contributed by atoms with Crippen LogP contribution < -0.4 is 0 Å². The zero-order valence-corrected chi connectivity index (χ0v) is 12.6. The topological polar surface area (TPSA) is 65.1 Å². The Morgan fingerprint density at radius 3 is 2.00 bits per heavy atom. The highest BCUT2D eigenvalue weighted by Crippen LogP contribution is 2.52. The fraction of sp³-hybridized carbons (Fsp3) is 0.909. The number of carbonyl (C=O) groups excluding carboxylic acids is 1. The zero-order chi connectivity index (χ0) is 14.0. The molecule has 0 aromatic heterocycles. The summed E-state index contributed by atoms with van der Waals surface area (Å²) in [6.45, 7) is 8.02. The Kier molecular flexibility index (Phi) is 9.06. The Morgan fingerprint density at radius 2 is 1.61 bits per heavy atom. The second kappa shape index (κ2) is 9.36. The van der Waals surface area contributed by atoms with Crippen molar-refractivity contribution in [2.45, 2.75) is 40.5 Å². The van der Waals surface area contributed by atoms with Gasteiger partial charge < -0.3 is 4.74 Å². The van der Waals surface area contributed by atoms with E-state index in [1.807, 2.05) is 6.92 Å². The lowest BCUT2D eigenvalue weighted by Gasteiger charge is -2.28. The van der Waals surface area contributed by atoms with E-state index in [1.54, 1.807) is 20.8 Å². The van der Waals surface area contributed by atoms with Crippen molar-refractivity contribution in [3.05, 3.63) is 0 Å². The summed E-state index contributed by atoms with van der Waals surface area (Å²) in [6.07, 6.45) is 0.924. The van der Waals surface area contributed by atoms with E-state index >= 15 is 0 Å². The summed E-state index contributed by atoms with van der Waals surface area (Å²) in [5.41, 5.74) is 0. The van der Waals surface area contributed by atoms with Crippen LogP contribution >= 0.6 is 7.75 Å². The molecule has 7 heteroatoms. The molecule has 0 aliphatic heterocycles. The van der Waals surface area contributed by atoms with Crippen LogP contribution in [0, 0.1) is 0 Å². The van der Waals surface area contributed by atoms with Gasteiger partial charge in [-0.3, -0.25) is 9.05 Å². The van der Waals surface area contributed by atoms with Crippen LogP contribution in [0.25, 0.3) is 0 Å². The van der Waals surface area contributed by atoms with Crippen molar-refractivity contribution < 1.29 is 23.1 Å². The van der Waals surface area contributed by atoms with Gasteiger partial charge in [-0.05, 0) is 27.2 Å². The fourth-order valence-electron chi connectivity index (χ4n) is 1.32. The monoisotopic (exact) mass is 281 g/mol. The Balaban J connectivity index is 4.96. The number of carbonyl (C=O) groups is 1. The largest absolute Gasteiger partial charge is 0.449 e. The minimum atomic E-state index is -3.59. The van der Waals surface area contributed by atoms with Gasteiger partial charge in [0.1, 0.15) is 0 Å². The first-order valence-corrected chi connectivity index (χ1v) is 7.89. The molecule has 0 saturated carbocycles. The third-order valence-corrected chi connectivity index (χ3v) is 4.21. The molecule has 0 fully saturated rings. The summed E-state index contributed by atoms with van der Waals surface area (Å²) in [5, 5.41) is 0. The molecule has 0 N–H and O–H groups in total. The molecule has 108 valence electrons. The van der Waals surface area contributed by atoms with E-state index in [1.165, 1.54) is 0 Å². The molecule has 0 saturated heterocycles. The van der Waals surface area contributed by atoms with Crippen molar-refractivity contribution in [2.75, 3.05) is 26.4 Å². The molecule has 6 nitrogen and oxygen atoms in total. The molecule has 18 heavy (non-hydrogen) atoms. The maximum absolute atomic E-state index is 12.5. The smallest absolute Gasteiger partial charge is 0.440 e. The van der Waals surface area contributed by atoms with Crippen LogP contribution in [0.4, 0.5) is 4.79 Å². The summed E-state index contributed by atoms with van der Waals surface area (Å²) in [6, 6.07) is 0. The van der Waals surface area contributed by atoms with Gasteiger partial charge in [-0.15, -0.1) is 0 Å². The quantitative estimate of drug-likeness (QED) is 0.606. The minimum Gasteiger partial charge on any atom is -0.449 e. The van der Waals surface area contributed by atoms with Crippen molar-refractivity contribution >= 4 is 13.8 Å². The minimum absolute atomic E-state index is 0.208. The molecule has 0 rings (SSSR count). The van der Waals surface area contributed by atoms with E-state index in [4.69, 9.17) is 13.8 Å². The Morgan fingerprint density at radius 1 is 1.06 bits per heavy atom. The van der Waals surface area contributed by atoms with Gasteiger partial charge in [0.05, 0.1) is 19.8 Å². The first kappa shape index (κ1) is 17.4. The first-order valence-electron chi connectivity index (χ1n) is 6.39. The first-order chi connectivity index (χ1) is 8.55. The Labute approximate surface area is 109 Å². The van der Waals surface area contributed by atoms with Gasteiger partial charge in [-0.2, -0.15) is 0 Å². The molecule has 0 atom stereocenters. The van der Waals surface area contributed by atoms with Crippen molar-refractivity contribution in [1.82, 2.24) is 4.67 Å². The van der Waals surface area contributed by atoms with Gasteiger partial charge in [0.2, 0.25) is 0 Å². The van der Waals surface area contributed by atoms with Crippen molar-refractivity contribution in [3.63, 3.8) is 0 Å². The standard InChI is InChI=1S/C11H24NO5P/c1-5-9-10-12(11(13)15-6-2)18(14,16-7-3)17-8-4/h5-10H2,1-4H3. The van der Waals surface area contributed by atoms with E-state index in [-0.39, 0.29) is 19.8 Å². The number of hydrogen-bond donors (Lipinski definition) is 0. The number of amides is 1. The van der Waals surface area contributed by atoms with Gasteiger partial charge in [-0.25, -0.2) is 14.0 Å². The van der Waals surface area contributed by atoms with Gasteiger partial charge in [0.15, 0.2) is 0 Å². The second-order valence-electron chi connectivity index (χ2n) is 3.48. The summed E-state index contributed by atoms with van der Waals surface area (Å²) in [4.78, 5) is 11.8. The third-order valence-electron chi connectivity index (χ3n) is 2.08. The Bertz CT molecular complexity index is 275. The molecule has 0 aliphatic carbocycles. The number of ether oxygens (including phenoxy) is 1. The molecule has 0 aliphatic rings. The third kappa shape index (κ3) is 5.38. The fourth-order valence-corrected chi connectivity index (χ4v) is 2.97. The highest BCUT2D eigenvalue weighted by Gasteiger charge is 2.37. The van der Waals surface area contributed by atoms with E-state index in [0.29, 0.717) is 13.0 Å². The van der Waals surface area contributed by atoms with Crippen LogP contribution in [0.5, 0.6) is 0 Å². The maximum Gasteiger partial charge on any atom is 0.440 e. The molecule has 0 spiro atoms. The summed E-state index contributed by atoms with van der Waals surface area (Å²) in [5.74, 6) is 0. The van der Waals surface area contributed by atoms with Crippen LogP contribution in [0.15, 0.2) is 0 Å². The molecule has 0 heterocycles. The van der Waals surface area contributed by atoms with Gasteiger partial charge in [0.25, 0.3) is 0 Å². The van der Waals surface area contributed by atoms with Crippen molar-refractivity contribution in [1.29, 1.82) is 0 Å². The highest BCUT2D eigenvalue weighted by atomic mass is 31.2. The average molecular weight is 281 g/mol. The number of rotatable bonds is 9. The van der Waals surface area contributed by atoms with E-state index < -0.39 is 13.8 Å². The lowest BCUT2D eigenvalue weighted by atomic mass is 10.3. The molecule has 0 unspecified atom stereocenters. The predicted molar refractivity (Wildman–Crippen MR) is 69.5 cm³/mol. The summed E-state index contributed by atoms with van der Waals surface area (Å²) in [7, 11) is -3.59. The molecule has 1 amide bonds. The Hall–Kier alpha value is -0.580. The van der Waals surface area contributed by atoms with Crippen molar-refractivity contribution in [3.8, 4) is 0 Å². The van der Waals surface area contributed by atoms with Gasteiger partial charge in [-0.1, -0.05) is 13.3 Å². The zero-order valence-electron chi connectivity index (χ0n) is 11.7. The van der Waals surface area contributed by atoms with E-state index in [0.717, 1.165) is 11.1 Å². The van der Waals surface area contributed by atoms with E-state index in [9.17, 15) is 9.36 Å². The van der Waals surface area contributed by atoms with Crippen molar-refractivity contribution in [2.24, 2.45) is 0 Å². The maximum atomic E-state index is 12.5. The number of nitrogens with zero attached hydrogens (tertiary/aromatic N) is 1. The van der Waals surface area contributed by atoms with Crippen LogP contribution in [0.1, 0.15) is 40.5 Å². The molecule has 0 aromatic rings. The normalized spacial score (nSPS) is 11.3. The number of unbranched alkanes of at least 4 members (excludes halogenated alkanes) is 1. The molecular formula is C11H24NO5P. The molecule has 0 radical (unpaired) electrons. The predicted octanol–water partition coefficient (Wildman–Crippen LogP) is 3.43. The van der Waals surface area contributed by atoms with Crippen LogP contribution in [0.2, 0.25) is 0 Å². The SMILES string of the molecule is CCCCN(C(=O)OCC)P(=O)(OCC)OCC. The molecule has 0 bridgehead atoms. The summed E-state index contributed by atoms with van der Waals surface area (Å²) >= 11 is 0.